The van der Waals surface area contributed by atoms with Crippen molar-refractivity contribution in [1.29, 1.82) is 0 Å². The summed E-state index contributed by atoms with van der Waals surface area (Å²) in [7, 11) is 0.781. The van der Waals surface area contributed by atoms with E-state index in [2.05, 4.69) is 14.5 Å². The maximum atomic E-state index is 12.9. The molecular weight excluding hydrogens is 311 g/mol. The molecule has 1 aromatic rings. The van der Waals surface area contributed by atoms with Crippen molar-refractivity contribution in [2.75, 3.05) is 7.11 Å². The normalized spacial score (nSPS) is 11.4. The third-order valence-corrected chi connectivity index (χ3v) is 2.07. The van der Waals surface area contributed by atoms with Crippen molar-refractivity contribution in [3.05, 3.63) is 27.4 Å². The van der Waals surface area contributed by atoms with Gasteiger partial charge < -0.3 is 19.6 Å². The van der Waals surface area contributed by atoms with Gasteiger partial charge in [0.2, 0.25) is 5.75 Å². The fourth-order valence-electron chi connectivity index (χ4n) is 1.33. The van der Waals surface area contributed by atoms with Crippen LogP contribution < -0.4 is 4.74 Å². The van der Waals surface area contributed by atoms with Crippen LogP contribution in [0.25, 0.3) is 0 Å². The van der Waals surface area contributed by atoms with Gasteiger partial charge in [-0.1, -0.05) is 0 Å². The average Bonchev–Trinajstić information content (AvgIpc) is 2.34. The molecule has 0 bridgehead atoms. The van der Waals surface area contributed by atoms with Gasteiger partial charge in [0.25, 0.3) is 6.43 Å². The van der Waals surface area contributed by atoms with E-state index in [0.717, 1.165) is 7.11 Å². The molecule has 0 atom stereocenters. The summed E-state index contributed by atoms with van der Waals surface area (Å²) < 4.78 is 69.7. The zero-order chi connectivity index (χ0) is 16.4. The Morgan fingerprint density at radius 2 is 2.00 bits per heavy atom. The number of carbonyl (C=O) groups excluding carboxylic acids is 1. The highest BCUT2D eigenvalue weighted by Gasteiger charge is 2.40. The number of pyridine rings is 1. The lowest BCUT2D eigenvalue weighted by molar-refractivity contribution is -0.393. The van der Waals surface area contributed by atoms with E-state index in [1.807, 2.05) is 0 Å². The molecule has 0 aliphatic rings. The first-order chi connectivity index (χ1) is 9.58. The van der Waals surface area contributed by atoms with Crippen molar-refractivity contribution in [2.24, 2.45) is 0 Å². The first kappa shape index (κ1) is 16.5. The number of ether oxygens (including phenoxy) is 2. The highest BCUT2D eigenvalue weighted by Crippen LogP contribution is 2.40. The number of hydrogen-bond acceptors (Lipinski definition) is 6. The molecular formula is C9H5F5N2O5. The third kappa shape index (κ3) is 3.73. The van der Waals surface area contributed by atoms with Gasteiger partial charge in [-0.25, -0.2) is 13.6 Å². The quantitative estimate of drug-likeness (QED) is 0.367. The number of hydrogen-bond donors (Lipinski definition) is 0. The number of carbonyl (C=O) groups is 1. The first-order valence-electron chi connectivity index (χ1n) is 4.88. The Morgan fingerprint density at radius 1 is 1.43 bits per heavy atom. The standard InChI is InChI=1S/C9H5F5N2O5/c1-20-8(17)3-2-15-7(16(18)19)5(4(3)6(10)11)21-9(12,13)14/h2,6H,1H3. The van der Waals surface area contributed by atoms with Gasteiger partial charge >= 0.3 is 18.1 Å². The fraction of sp³-hybridized carbons (Fsp3) is 0.333. The minimum absolute atomic E-state index is 0.314. The summed E-state index contributed by atoms with van der Waals surface area (Å²) in [5, 5.41) is 10.6. The zero-order valence-electron chi connectivity index (χ0n) is 9.98. The highest BCUT2D eigenvalue weighted by molar-refractivity contribution is 5.92. The van der Waals surface area contributed by atoms with Crippen LogP contribution in [0.15, 0.2) is 6.20 Å². The van der Waals surface area contributed by atoms with Crippen molar-refractivity contribution in [3.8, 4) is 5.75 Å². The topological polar surface area (TPSA) is 91.6 Å². The molecule has 0 aliphatic carbocycles. The molecule has 0 radical (unpaired) electrons. The zero-order valence-corrected chi connectivity index (χ0v) is 9.98. The first-order valence-corrected chi connectivity index (χ1v) is 4.88. The average molecular weight is 316 g/mol. The van der Waals surface area contributed by atoms with Gasteiger partial charge in [0.05, 0.1) is 12.7 Å². The van der Waals surface area contributed by atoms with Crippen LogP contribution in [0.1, 0.15) is 22.3 Å². The van der Waals surface area contributed by atoms with Gasteiger partial charge in [0.1, 0.15) is 5.56 Å². The van der Waals surface area contributed by atoms with Gasteiger partial charge in [0.15, 0.2) is 6.20 Å². The van der Waals surface area contributed by atoms with Gasteiger partial charge in [-0.05, 0) is 9.91 Å². The van der Waals surface area contributed by atoms with Crippen LogP contribution in [-0.2, 0) is 4.74 Å². The van der Waals surface area contributed by atoms with Crippen molar-refractivity contribution >= 4 is 11.8 Å². The van der Waals surface area contributed by atoms with Gasteiger partial charge in [-0.2, -0.15) is 0 Å². The lowest BCUT2D eigenvalue weighted by Gasteiger charge is -2.14. The van der Waals surface area contributed by atoms with Crippen LogP contribution in [0.2, 0.25) is 0 Å². The minimum atomic E-state index is -5.50. The molecule has 0 aromatic carbocycles. The van der Waals surface area contributed by atoms with Crippen LogP contribution in [0.4, 0.5) is 27.8 Å². The second kappa shape index (κ2) is 5.85. The van der Waals surface area contributed by atoms with Crippen LogP contribution in [0, 0.1) is 10.1 Å². The molecule has 1 aromatic heterocycles. The Bertz CT molecular complexity index is 574. The number of esters is 1. The molecule has 0 saturated carbocycles. The summed E-state index contributed by atoms with van der Waals surface area (Å²) in [6.07, 6.45) is -8.85. The Balaban J connectivity index is 3.65. The molecule has 0 amide bonds. The summed E-state index contributed by atoms with van der Waals surface area (Å²) in [6.45, 7) is 0. The number of methoxy groups -OCH3 is 1. The number of halogens is 5. The minimum Gasteiger partial charge on any atom is -0.465 e. The fourth-order valence-corrected chi connectivity index (χ4v) is 1.33. The van der Waals surface area contributed by atoms with Crippen LogP contribution in [0.5, 0.6) is 5.75 Å². The monoisotopic (exact) mass is 316 g/mol. The Labute approximate surface area is 112 Å². The second-order valence-electron chi connectivity index (χ2n) is 3.34. The number of aromatic nitrogens is 1. The molecule has 1 heterocycles. The van der Waals surface area contributed by atoms with E-state index in [1.54, 1.807) is 0 Å². The summed E-state index contributed by atoms with van der Waals surface area (Å²) in [5.41, 5.74) is -2.70. The van der Waals surface area contributed by atoms with Crippen LogP contribution >= 0.6 is 0 Å². The molecule has 12 heteroatoms. The van der Waals surface area contributed by atoms with Crippen LogP contribution in [-0.4, -0.2) is 29.3 Å². The summed E-state index contributed by atoms with van der Waals surface area (Å²) in [4.78, 5) is 23.3. The number of rotatable bonds is 4. The summed E-state index contributed by atoms with van der Waals surface area (Å²) >= 11 is 0. The molecule has 0 spiro atoms. The molecule has 0 saturated heterocycles. The van der Waals surface area contributed by atoms with E-state index in [0.29, 0.717) is 6.20 Å². The number of nitro groups is 1. The van der Waals surface area contributed by atoms with Crippen molar-refractivity contribution in [3.63, 3.8) is 0 Å². The lowest BCUT2D eigenvalue weighted by atomic mass is 10.1. The second-order valence-corrected chi connectivity index (χ2v) is 3.34. The predicted octanol–water partition coefficient (Wildman–Crippen LogP) is 2.61. The number of nitrogens with zero attached hydrogens (tertiary/aromatic N) is 2. The molecule has 0 N–H and O–H groups in total. The molecule has 7 nitrogen and oxygen atoms in total. The lowest BCUT2D eigenvalue weighted by Crippen LogP contribution is -2.21. The third-order valence-electron chi connectivity index (χ3n) is 2.07. The van der Waals surface area contributed by atoms with E-state index in [1.165, 1.54) is 0 Å². The maximum Gasteiger partial charge on any atom is 0.573 e. The van der Waals surface area contributed by atoms with E-state index >= 15 is 0 Å². The van der Waals surface area contributed by atoms with E-state index < -0.39 is 46.4 Å². The Kier molecular flexibility index (Phi) is 4.60. The molecule has 0 fully saturated rings. The molecule has 0 unspecified atom stereocenters. The largest absolute Gasteiger partial charge is 0.573 e. The molecule has 1 rings (SSSR count). The highest BCUT2D eigenvalue weighted by atomic mass is 19.4. The van der Waals surface area contributed by atoms with Gasteiger partial charge in [-0.15, -0.1) is 13.2 Å². The predicted molar refractivity (Wildman–Crippen MR) is 53.9 cm³/mol. The molecule has 116 valence electrons. The van der Waals surface area contributed by atoms with Gasteiger partial charge in [-0.3, -0.25) is 0 Å². The van der Waals surface area contributed by atoms with E-state index in [9.17, 15) is 36.9 Å². The van der Waals surface area contributed by atoms with Crippen molar-refractivity contribution in [1.82, 2.24) is 4.98 Å². The number of alkyl halides is 5. The SMILES string of the molecule is COC(=O)c1cnc([N+](=O)[O-])c(OC(F)(F)F)c1C(F)F. The Morgan fingerprint density at radius 3 is 2.38 bits per heavy atom. The molecule has 21 heavy (non-hydrogen) atoms. The van der Waals surface area contributed by atoms with Crippen molar-refractivity contribution < 1.29 is 41.1 Å². The maximum absolute atomic E-state index is 12.9. The summed E-state index contributed by atoms with van der Waals surface area (Å²) in [6, 6.07) is 0. The Hall–Kier alpha value is -2.53. The van der Waals surface area contributed by atoms with Gasteiger partial charge in [0, 0.05) is 0 Å². The van der Waals surface area contributed by atoms with Crippen LogP contribution in [0.3, 0.4) is 0 Å². The van der Waals surface area contributed by atoms with E-state index in [4.69, 9.17) is 0 Å². The smallest absolute Gasteiger partial charge is 0.465 e. The van der Waals surface area contributed by atoms with E-state index in [-0.39, 0.29) is 0 Å². The van der Waals surface area contributed by atoms with Crippen molar-refractivity contribution in [2.45, 2.75) is 12.8 Å². The molecule has 0 aliphatic heterocycles. The summed E-state index contributed by atoms with van der Waals surface area (Å²) in [5.74, 6) is -4.90.